The summed E-state index contributed by atoms with van der Waals surface area (Å²) >= 11 is 0. The highest BCUT2D eigenvalue weighted by molar-refractivity contribution is 5.86. The first-order valence-electron chi connectivity index (χ1n) is 7.95. The molecule has 0 aromatic heterocycles. The average Bonchev–Trinajstić information content (AvgIpc) is 2.48. The van der Waals surface area contributed by atoms with Crippen molar-refractivity contribution in [2.24, 2.45) is 5.92 Å². The summed E-state index contributed by atoms with van der Waals surface area (Å²) in [5.74, 6) is -0.939. The number of aliphatic carboxylic acids is 1. The summed E-state index contributed by atoms with van der Waals surface area (Å²) in [5.41, 5.74) is 3.13. The van der Waals surface area contributed by atoms with Crippen LogP contribution >= 0.6 is 0 Å². The molecule has 5 heteroatoms. The van der Waals surface area contributed by atoms with E-state index in [2.05, 4.69) is 11.4 Å². The first kappa shape index (κ1) is 19.0. The van der Waals surface area contributed by atoms with Crippen molar-refractivity contribution in [1.82, 2.24) is 5.32 Å². The number of hydrogen-bond donors (Lipinski definition) is 2. The number of rotatable bonds is 7. The molecule has 0 saturated carbocycles. The average molecular weight is 321 g/mol. The number of amides is 1. The summed E-state index contributed by atoms with van der Waals surface area (Å²) in [7, 11) is 0. The molecule has 3 atom stereocenters. The van der Waals surface area contributed by atoms with Crippen molar-refractivity contribution in [3.05, 3.63) is 28.8 Å². The van der Waals surface area contributed by atoms with Crippen LogP contribution in [0.2, 0.25) is 0 Å². The molecule has 0 aliphatic carbocycles. The topological polar surface area (TPSA) is 75.6 Å². The van der Waals surface area contributed by atoms with Crippen molar-refractivity contribution in [1.29, 1.82) is 0 Å². The number of carbonyl (C=O) groups is 2. The minimum atomic E-state index is -1.03. The fourth-order valence-corrected chi connectivity index (χ4v) is 2.32. The SMILES string of the molecule is CCC(C)C(NC(=O)C(C)Oc1cc(C)cc(C)c1C)C(=O)O. The van der Waals surface area contributed by atoms with Crippen LogP contribution in [0.4, 0.5) is 0 Å². The lowest BCUT2D eigenvalue weighted by Crippen LogP contribution is -2.49. The molecule has 128 valence electrons. The number of benzene rings is 1. The minimum Gasteiger partial charge on any atom is -0.481 e. The van der Waals surface area contributed by atoms with Crippen molar-refractivity contribution in [3.8, 4) is 5.75 Å². The summed E-state index contributed by atoms with van der Waals surface area (Å²) in [6.07, 6.45) is -0.0938. The van der Waals surface area contributed by atoms with Gasteiger partial charge in [-0.15, -0.1) is 0 Å². The van der Waals surface area contributed by atoms with Crippen molar-refractivity contribution < 1.29 is 19.4 Å². The molecule has 1 aromatic carbocycles. The van der Waals surface area contributed by atoms with Gasteiger partial charge in [-0.2, -0.15) is 0 Å². The molecule has 23 heavy (non-hydrogen) atoms. The highest BCUT2D eigenvalue weighted by Gasteiger charge is 2.28. The maximum absolute atomic E-state index is 12.3. The van der Waals surface area contributed by atoms with E-state index in [0.29, 0.717) is 12.2 Å². The second-order valence-corrected chi connectivity index (χ2v) is 6.18. The molecule has 0 bridgehead atoms. The Morgan fingerprint density at radius 2 is 1.83 bits per heavy atom. The first-order chi connectivity index (χ1) is 10.7. The third-order valence-corrected chi connectivity index (χ3v) is 4.21. The molecule has 0 radical (unpaired) electrons. The summed E-state index contributed by atoms with van der Waals surface area (Å²) in [4.78, 5) is 23.6. The van der Waals surface area contributed by atoms with Gasteiger partial charge in [-0.25, -0.2) is 4.79 Å². The zero-order valence-corrected chi connectivity index (χ0v) is 14.8. The highest BCUT2D eigenvalue weighted by Crippen LogP contribution is 2.24. The van der Waals surface area contributed by atoms with E-state index in [4.69, 9.17) is 4.74 Å². The van der Waals surface area contributed by atoms with E-state index < -0.39 is 24.0 Å². The zero-order chi connectivity index (χ0) is 17.7. The number of aryl methyl sites for hydroxylation is 2. The Bertz CT molecular complexity index is 583. The van der Waals surface area contributed by atoms with E-state index >= 15 is 0 Å². The van der Waals surface area contributed by atoms with Gasteiger partial charge in [0.2, 0.25) is 0 Å². The molecular weight excluding hydrogens is 294 g/mol. The lowest BCUT2D eigenvalue weighted by atomic mass is 9.99. The zero-order valence-electron chi connectivity index (χ0n) is 14.8. The highest BCUT2D eigenvalue weighted by atomic mass is 16.5. The summed E-state index contributed by atoms with van der Waals surface area (Å²) in [5, 5.41) is 11.8. The number of carboxylic acids is 1. The van der Waals surface area contributed by atoms with Crippen molar-refractivity contribution in [3.63, 3.8) is 0 Å². The van der Waals surface area contributed by atoms with Gasteiger partial charge >= 0.3 is 5.97 Å². The molecular formula is C18H27NO4. The van der Waals surface area contributed by atoms with E-state index in [0.717, 1.165) is 16.7 Å². The quantitative estimate of drug-likeness (QED) is 0.809. The lowest BCUT2D eigenvalue weighted by molar-refractivity contribution is -0.144. The van der Waals surface area contributed by atoms with Crippen LogP contribution in [0.25, 0.3) is 0 Å². The number of nitrogens with one attached hydrogen (secondary N) is 1. The third kappa shape index (κ3) is 4.98. The predicted octanol–water partition coefficient (Wildman–Crippen LogP) is 2.99. The van der Waals surface area contributed by atoms with Gasteiger partial charge in [0.15, 0.2) is 6.10 Å². The molecule has 1 aromatic rings. The van der Waals surface area contributed by atoms with E-state index in [-0.39, 0.29) is 5.92 Å². The van der Waals surface area contributed by atoms with Crippen LogP contribution in [-0.2, 0) is 9.59 Å². The van der Waals surface area contributed by atoms with Crippen molar-refractivity contribution in [2.45, 2.75) is 60.1 Å². The van der Waals surface area contributed by atoms with Crippen molar-refractivity contribution >= 4 is 11.9 Å². The van der Waals surface area contributed by atoms with Gasteiger partial charge in [0.25, 0.3) is 5.91 Å². The number of ether oxygens (including phenoxy) is 1. The Morgan fingerprint density at radius 1 is 1.22 bits per heavy atom. The second kappa shape index (κ2) is 7.99. The molecule has 0 fully saturated rings. The van der Waals surface area contributed by atoms with Crippen LogP contribution in [-0.4, -0.2) is 29.1 Å². The summed E-state index contributed by atoms with van der Waals surface area (Å²) < 4.78 is 5.76. The van der Waals surface area contributed by atoms with Crippen LogP contribution < -0.4 is 10.1 Å². The lowest BCUT2D eigenvalue weighted by Gasteiger charge is -2.23. The Balaban J connectivity index is 2.83. The van der Waals surface area contributed by atoms with Gasteiger partial charge in [0.05, 0.1) is 0 Å². The van der Waals surface area contributed by atoms with E-state index in [1.807, 2.05) is 33.8 Å². The van der Waals surface area contributed by atoms with Crippen molar-refractivity contribution in [2.75, 3.05) is 0 Å². The van der Waals surface area contributed by atoms with Gasteiger partial charge in [0.1, 0.15) is 11.8 Å². The molecule has 0 heterocycles. The molecule has 0 saturated heterocycles. The first-order valence-corrected chi connectivity index (χ1v) is 7.95. The van der Waals surface area contributed by atoms with E-state index in [9.17, 15) is 14.7 Å². The third-order valence-electron chi connectivity index (χ3n) is 4.21. The molecule has 0 spiro atoms. The Morgan fingerprint density at radius 3 is 2.35 bits per heavy atom. The van der Waals surface area contributed by atoms with Gasteiger partial charge in [-0.05, 0) is 56.4 Å². The van der Waals surface area contributed by atoms with Crippen LogP contribution in [0, 0.1) is 26.7 Å². The molecule has 2 N–H and O–H groups in total. The largest absolute Gasteiger partial charge is 0.481 e. The maximum Gasteiger partial charge on any atom is 0.326 e. The number of hydrogen-bond acceptors (Lipinski definition) is 3. The van der Waals surface area contributed by atoms with Gasteiger partial charge < -0.3 is 15.2 Å². The Labute approximate surface area is 138 Å². The van der Waals surface area contributed by atoms with Gasteiger partial charge in [-0.3, -0.25) is 4.79 Å². The van der Waals surface area contributed by atoms with Crippen LogP contribution in [0.3, 0.4) is 0 Å². The predicted molar refractivity (Wildman–Crippen MR) is 89.8 cm³/mol. The molecule has 1 amide bonds. The molecule has 1 rings (SSSR count). The second-order valence-electron chi connectivity index (χ2n) is 6.18. The van der Waals surface area contributed by atoms with E-state index in [1.165, 1.54) is 0 Å². The molecule has 3 unspecified atom stereocenters. The normalized spacial score (nSPS) is 14.7. The van der Waals surface area contributed by atoms with E-state index in [1.54, 1.807) is 13.8 Å². The monoisotopic (exact) mass is 321 g/mol. The van der Waals surface area contributed by atoms with Gasteiger partial charge in [-0.1, -0.05) is 26.3 Å². The maximum atomic E-state index is 12.3. The van der Waals surface area contributed by atoms with Crippen LogP contribution in [0.15, 0.2) is 12.1 Å². The number of carbonyl (C=O) groups excluding carboxylic acids is 1. The van der Waals surface area contributed by atoms with Gasteiger partial charge in [0, 0.05) is 0 Å². The molecule has 5 nitrogen and oxygen atoms in total. The van der Waals surface area contributed by atoms with Crippen LogP contribution in [0.5, 0.6) is 5.75 Å². The Kier molecular flexibility index (Phi) is 6.61. The fraction of sp³-hybridized carbons (Fsp3) is 0.556. The minimum absolute atomic E-state index is 0.147. The summed E-state index contributed by atoms with van der Waals surface area (Å²) in [6, 6.07) is 3.03. The number of carboxylic acid groups (broad SMARTS) is 1. The fourth-order valence-electron chi connectivity index (χ4n) is 2.32. The Hall–Kier alpha value is -2.04. The standard InChI is InChI=1S/C18H27NO4/c1-7-11(3)16(18(21)22)19-17(20)14(6)23-15-9-10(2)8-12(4)13(15)5/h8-9,11,14,16H,7H2,1-6H3,(H,19,20)(H,21,22). The molecule has 0 aliphatic rings. The molecule has 0 aliphatic heterocycles. The summed E-state index contributed by atoms with van der Waals surface area (Å²) in [6.45, 7) is 11.2. The van der Waals surface area contributed by atoms with Crippen LogP contribution in [0.1, 0.15) is 43.9 Å². The smallest absolute Gasteiger partial charge is 0.326 e.